The van der Waals surface area contributed by atoms with Crippen molar-refractivity contribution in [2.75, 3.05) is 13.2 Å². The lowest BCUT2D eigenvalue weighted by molar-refractivity contribution is -0.121. The lowest BCUT2D eigenvalue weighted by Crippen LogP contribution is -2.32. The molecule has 4 heteroatoms. The van der Waals surface area contributed by atoms with Crippen molar-refractivity contribution in [3.63, 3.8) is 0 Å². The van der Waals surface area contributed by atoms with Crippen LogP contribution in [0.15, 0.2) is 18.3 Å². The number of amides is 1. The van der Waals surface area contributed by atoms with E-state index >= 15 is 0 Å². The summed E-state index contributed by atoms with van der Waals surface area (Å²) in [6.45, 7) is 3.41. The van der Waals surface area contributed by atoms with Crippen LogP contribution in [-0.4, -0.2) is 29.4 Å². The van der Waals surface area contributed by atoms with Gasteiger partial charge in [0, 0.05) is 18.8 Å². The number of carbonyl (C=O) groups is 1. The summed E-state index contributed by atoms with van der Waals surface area (Å²) in [5, 5.41) is 0. The Labute approximate surface area is 102 Å². The monoisotopic (exact) mass is 234 g/mol. The van der Waals surface area contributed by atoms with E-state index < -0.39 is 0 Å². The topological polar surface area (TPSA) is 42.4 Å². The number of nitrogens with zero attached hydrogens (tertiary/aromatic N) is 2. The molecule has 2 heterocycles. The Morgan fingerprint density at radius 3 is 3.06 bits per heavy atom. The molecule has 1 amide bonds. The van der Waals surface area contributed by atoms with Crippen LogP contribution in [0, 0.1) is 0 Å². The summed E-state index contributed by atoms with van der Waals surface area (Å²) in [4.78, 5) is 17.1. The SMILES string of the molecule is CCOc1ccc([C@@H]2CCCCN2C=O)cn1. The number of pyridine rings is 1. The van der Waals surface area contributed by atoms with Crippen LogP contribution >= 0.6 is 0 Å². The average Bonchev–Trinajstić information content (AvgIpc) is 2.40. The van der Waals surface area contributed by atoms with E-state index in [9.17, 15) is 4.79 Å². The number of rotatable bonds is 4. The fourth-order valence-electron chi connectivity index (χ4n) is 2.26. The quantitative estimate of drug-likeness (QED) is 0.750. The van der Waals surface area contributed by atoms with Gasteiger partial charge in [0.2, 0.25) is 12.3 Å². The van der Waals surface area contributed by atoms with Crippen molar-refractivity contribution < 1.29 is 9.53 Å². The minimum atomic E-state index is 0.185. The molecule has 0 unspecified atom stereocenters. The Morgan fingerprint density at radius 2 is 2.41 bits per heavy atom. The molecule has 0 spiro atoms. The van der Waals surface area contributed by atoms with Crippen molar-refractivity contribution >= 4 is 6.41 Å². The number of piperidine rings is 1. The maximum Gasteiger partial charge on any atom is 0.213 e. The predicted octanol–water partition coefficient (Wildman–Crippen LogP) is 2.16. The van der Waals surface area contributed by atoms with Gasteiger partial charge < -0.3 is 9.64 Å². The predicted molar refractivity (Wildman–Crippen MR) is 64.8 cm³/mol. The molecule has 0 N–H and O–H groups in total. The first-order valence-corrected chi connectivity index (χ1v) is 6.15. The molecule has 0 aromatic carbocycles. The summed E-state index contributed by atoms with van der Waals surface area (Å²) in [7, 11) is 0. The minimum absolute atomic E-state index is 0.185. The summed E-state index contributed by atoms with van der Waals surface area (Å²) >= 11 is 0. The molecule has 1 fully saturated rings. The van der Waals surface area contributed by atoms with Crippen LogP contribution in [0.4, 0.5) is 0 Å². The highest BCUT2D eigenvalue weighted by Crippen LogP contribution is 2.29. The van der Waals surface area contributed by atoms with Crippen LogP contribution in [0.2, 0.25) is 0 Å². The zero-order chi connectivity index (χ0) is 12.1. The van der Waals surface area contributed by atoms with E-state index in [1.807, 2.05) is 30.2 Å². The Kier molecular flexibility index (Phi) is 3.96. The first-order valence-electron chi connectivity index (χ1n) is 6.15. The molecular weight excluding hydrogens is 216 g/mol. The molecule has 1 atom stereocenters. The fraction of sp³-hybridized carbons (Fsp3) is 0.538. The van der Waals surface area contributed by atoms with E-state index in [1.54, 1.807) is 0 Å². The lowest BCUT2D eigenvalue weighted by atomic mass is 9.97. The molecular formula is C13H18N2O2. The van der Waals surface area contributed by atoms with Gasteiger partial charge in [-0.25, -0.2) is 4.98 Å². The van der Waals surface area contributed by atoms with E-state index in [4.69, 9.17) is 4.74 Å². The van der Waals surface area contributed by atoms with Gasteiger partial charge in [-0.05, 0) is 31.7 Å². The maximum absolute atomic E-state index is 11.0. The van der Waals surface area contributed by atoms with E-state index in [1.165, 1.54) is 6.42 Å². The molecule has 1 aromatic heterocycles. The number of carbonyl (C=O) groups excluding carboxylic acids is 1. The number of ether oxygens (including phenoxy) is 1. The largest absolute Gasteiger partial charge is 0.478 e. The lowest BCUT2D eigenvalue weighted by Gasteiger charge is -2.32. The van der Waals surface area contributed by atoms with Gasteiger partial charge in [-0.1, -0.05) is 6.07 Å². The Balaban J connectivity index is 2.11. The second-order valence-corrected chi connectivity index (χ2v) is 4.22. The van der Waals surface area contributed by atoms with Gasteiger partial charge in [-0.15, -0.1) is 0 Å². The highest BCUT2D eigenvalue weighted by Gasteiger charge is 2.22. The molecule has 0 saturated carbocycles. The molecule has 1 aromatic rings. The van der Waals surface area contributed by atoms with Crippen molar-refractivity contribution in [1.29, 1.82) is 0 Å². The molecule has 92 valence electrons. The van der Waals surface area contributed by atoms with Crippen molar-refractivity contribution in [2.24, 2.45) is 0 Å². The Morgan fingerprint density at radius 1 is 1.53 bits per heavy atom. The zero-order valence-electron chi connectivity index (χ0n) is 10.1. The Hall–Kier alpha value is -1.58. The second-order valence-electron chi connectivity index (χ2n) is 4.22. The van der Waals surface area contributed by atoms with Crippen molar-refractivity contribution in [2.45, 2.75) is 32.2 Å². The molecule has 2 rings (SSSR count). The van der Waals surface area contributed by atoms with Gasteiger partial charge in [-0.3, -0.25) is 4.79 Å². The van der Waals surface area contributed by atoms with Gasteiger partial charge >= 0.3 is 0 Å². The summed E-state index contributed by atoms with van der Waals surface area (Å²) in [6, 6.07) is 4.06. The smallest absolute Gasteiger partial charge is 0.213 e. The van der Waals surface area contributed by atoms with Gasteiger partial charge in [0.15, 0.2) is 0 Å². The van der Waals surface area contributed by atoms with Crippen LogP contribution < -0.4 is 4.74 Å². The number of hydrogen-bond donors (Lipinski definition) is 0. The van der Waals surface area contributed by atoms with E-state index in [2.05, 4.69) is 4.98 Å². The van der Waals surface area contributed by atoms with Crippen LogP contribution in [0.25, 0.3) is 0 Å². The van der Waals surface area contributed by atoms with Crippen molar-refractivity contribution in [1.82, 2.24) is 9.88 Å². The highest BCUT2D eigenvalue weighted by molar-refractivity contribution is 5.49. The second kappa shape index (κ2) is 5.66. The van der Waals surface area contributed by atoms with Crippen LogP contribution in [0.5, 0.6) is 5.88 Å². The first-order chi connectivity index (χ1) is 8.35. The summed E-state index contributed by atoms with van der Waals surface area (Å²) < 4.78 is 5.31. The van der Waals surface area contributed by atoms with Crippen LogP contribution in [0.1, 0.15) is 37.8 Å². The molecule has 0 aliphatic carbocycles. The number of likely N-dealkylation sites (tertiary alicyclic amines) is 1. The first kappa shape index (κ1) is 11.9. The third-order valence-corrected chi connectivity index (χ3v) is 3.12. The minimum Gasteiger partial charge on any atom is -0.478 e. The van der Waals surface area contributed by atoms with E-state index in [-0.39, 0.29) is 6.04 Å². The van der Waals surface area contributed by atoms with Crippen molar-refractivity contribution in [3.05, 3.63) is 23.9 Å². The van der Waals surface area contributed by atoms with Gasteiger partial charge in [0.05, 0.1) is 12.6 Å². The van der Waals surface area contributed by atoms with E-state index in [0.29, 0.717) is 12.5 Å². The third-order valence-electron chi connectivity index (χ3n) is 3.12. The molecule has 4 nitrogen and oxygen atoms in total. The zero-order valence-corrected chi connectivity index (χ0v) is 10.1. The van der Waals surface area contributed by atoms with Gasteiger partial charge in [0.25, 0.3) is 0 Å². The van der Waals surface area contributed by atoms with Gasteiger partial charge in [0.1, 0.15) is 0 Å². The standard InChI is InChI=1S/C13H18N2O2/c1-2-17-13-7-6-11(9-14-13)12-5-3-4-8-15(12)10-16/h6-7,9-10,12H,2-5,8H2,1H3/t12-/m0/s1. The normalized spacial score (nSPS) is 20.1. The summed E-state index contributed by atoms with van der Waals surface area (Å²) in [6.07, 6.45) is 6.05. The molecule has 1 aliphatic rings. The molecule has 1 aliphatic heterocycles. The van der Waals surface area contributed by atoms with Gasteiger partial charge in [-0.2, -0.15) is 0 Å². The average molecular weight is 234 g/mol. The number of aromatic nitrogens is 1. The molecule has 0 bridgehead atoms. The highest BCUT2D eigenvalue weighted by atomic mass is 16.5. The maximum atomic E-state index is 11.0. The fourth-order valence-corrected chi connectivity index (χ4v) is 2.26. The molecule has 1 saturated heterocycles. The molecule has 17 heavy (non-hydrogen) atoms. The van der Waals surface area contributed by atoms with Crippen LogP contribution in [-0.2, 0) is 4.79 Å². The number of hydrogen-bond acceptors (Lipinski definition) is 3. The summed E-state index contributed by atoms with van der Waals surface area (Å²) in [5.41, 5.74) is 1.10. The van der Waals surface area contributed by atoms with Crippen molar-refractivity contribution in [3.8, 4) is 5.88 Å². The van der Waals surface area contributed by atoms with Crippen LogP contribution in [0.3, 0.4) is 0 Å². The Bertz CT molecular complexity index is 364. The molecule has 0 radical (unpaired) electrons. The summed E-state index contributed by atoms with van der Waals surface area (Å²) in [5.74, 6) is 0.643. The van der Waals surface area contributed by atoms with E-state index in [0.717, 1.165) is 31.4 Å². The third kappa shape index (κ3) is 2.75.